The molecule has 1 aromatic carbocycles. The number of rotatable bonds is 4. The average molecular weight is 274 g/mol. The summed E-state index contributed by atoms with van der Waals surface area (Å²) in [6, 6.07) is 12.1. The first-order valence-corrected chi connectivity index (χ1v) is 8.00. The molecule has 3 heteroatoms. The predicted octanol–water partition coefficient (Wildman–Crippen LogP) is 2.42. The maximum absolute atomic E-state index is 5.55. The molecule has 0 saturated carbocycles. The van der Waals surface area contributed by atoms with E-state index in [-0.39, 0.29) is 0 Å². The summed E-state index contributed by atoms with van der Waals surface area (Å²) < 4.78 is 5.55. The third-order valence-electron chi connectivity index (χ3n) is 4.47. The highest BCUT2D eigenvalue weighted by molar-refractivity contribution is 5.14. The Morgan fingerprint density at radius 2 is 1.85 bits per heavy atom. The summed E-state index contributed by atoms with van der Waals surface area (Å²) in [4.78, 5) is 2.57. The molecule has 0 bridgehead atoms. The van der Waals surface area contributed by atoms with E-state index in [4.69, 9.17) is 4.74 Å². The third-order valence-corrected chi connectivity index (χ3v) is 4.47. The molecule has 1 aromatic rings. The van der Waals surface area contributed by atoms with Crippen LogP contribution >= 0.6 is 0 Å². The number of nitrogens with zero attached hydrogens (tertiary/aromatic N) is 1. The topological polar surface area (TPSA) is 24.5 Å². The molecule has 110 valence electrons. The molecule has 2 heterocycles. The van der Waals surface area contributed by atoms with E-state index in [1.165, 1.54) is 44.3 Å². The van der Waals surface area contributed by atoms with Crippen molar-refractivity contribution in [2.24, 2.45) is 0 Å². The Kier molecular flexibility index (Phi) is 5.06. The van der Waals surface area contributed by atoms with Crippen LogP contribution in [0.4, 0.5) is 0 Å². The molecule has 1 N–H and O–H groups in total. The molecule has 2 aliphatic rings. The highest BCUT2D eigenvalue weighted by Crippen LogP contribution is 2.16. The van der Waals surface area contributed by atoms with E-state index in [1.54, 1.807) is 0 Å². The van der Waals surface area contributed by atoms with Crippen LogP contribution in [-0.4, -0.2) is 43.3 Å². The van der Waals surface area contributed by atoms with Crippen LogP contribution in [0.2, 0.25) is 0 Å². The lowest BCUT2D eigenvalue weighted by atomic mass is 10.0. The van der Waals surface area contributed by atoms with Gasteiger partial charge in [-0.15, -0.1) is 0 Å². The van der Waals surface area contributed by atoms with Gasteiger partial charge in [-0.05, 0) is 44.3 Å². The normalized spacial score (nSPS) is 25.7. The molecule has 3 rings (SSSR count). The van der Waals surface area contributed by atoms with Crippen molar-refractivity contribution in [3.05, 3.63) is 35.9 Å². The fourth-order valence-electron chi connectivity index (χ4n) is 3.30. The van der Waals surface area contributed by atoms with Crippen LogP contribution in [0, 0.1) is 0 Å². The minimum absolute atomic E-state index is 0.592. The largest absolute Gasteiger partial charge is 0.380 e. The number of benzene rings is 1. The first-order valence-electron chi connectivity index (χ1n) is 8.00. The summed E-state index contributed by atoms with van der Waals surface area (Å²) in [5, 5.41) is 3.79. The first-order chi connectivity index (χ1) is 9.90. The second-order valence-corrected chi connectivity index (χ2v) is 6.12. The molecule has 3 nitrogen and oxygen atoms in total. The zero-order valence-electron chi connectivity index (χ0n) is 12.3. The molecule has 2 fully saturated rings. The molecule has 20 heavy (non-hydrogen) atoms. The number of hydrogen-bond acceptors (Lipinski definition) is 3. The first kappa shape index (κ1) is 14.1. The molecule has 2 aliphatic heterocycles. The van der Waals surface area contributed by atoms with Crippen LogP contribution in [0.3, 0.4) is 0 Å². The van der Waals surface area contributed by atoms with Gasteiger partial charge in [0.05, 0.1) is 6.61 Å². The molecule has 2 saturated heterocycles. The minimum atomic E-state index is 0.592. The van der Waals surface area contributed by atoms with Crippen LogP contribution in [-0.2, 0) is 11.3 Å². The standard InChI is InChI=1S/C17H26N2O/c1-2-5-15(6-3-1)13-19-10-8-16(9-11-19)18-17-7-4-12-20-14-17/h1-3,5-6,16-18H,4,7-14H2. The fraction of sp³-hybridized carbons (Fsp3) is 0.647. The van der Waals surface area contributed by atoms with Crippen LogP contribution in [0.15, 0.2) is 30.3 Å². The van der Waals surface area contributed by atoms with E-state index in [0.29, 0.717) is 12.1 Å². The van der Waals surface area contributed by atoms with Crippen molar-refractivity contribution in [1.82, 2.24) is 10.2 Å². The van der Waals surface area contributed by atoms with Gasteiger partial charge in [-0.1, -0.05) is 30.3 Å². The lowest BCUT2D eigenvalue weighted by molar-refractivity contribution is 0.0610. The maximum atomic E-state index is 5.55. The number of likely N-dealkylation sites (tertiary alicyclic amines) is 1. The Labute approximate surface area is 122 Å². The summed E-state index contributed by atoms with van der Waals surface area (Å²) in [7, 11) is 0. The molecule has 0 spiro atoms. The van der Waals surface area contributed by atoms with E-state index in [2.05, 4.69) is 40.5 Å². The Hall–Kier alpha value is -0.900. The van der Waals surface area contributed by atoms with E-state index < -0.39 is 0 Å². The second kappa shape index (κ2) is 7.21. The van der Waals surface area contributed by atoms with Crippen molar-refractivity contribution >= 4 is 0 Å². The lowest BCUT2D eigenvalue weighted by Crippen LogP contribution is -2.48. The SMILES string of the molecule is c1ccc(CN2CCC(NC3CCCOC3)CC2)cc1. The number of nitrogens with one attached hydrogen (secondary N) is 1. The third kappa shape index (κ3) is 4.05. The van der Waals surface area contributed by atoms with Gasteiger partial charge in [0.2, 0.25) is 0 Å². The molecule has 0 aromatic heterocycles. The quantitative estimate of drug-likeness (QED) is 0.912. The van der Waals surface area contributed by atoms with Crippen molar-refractivity contribution in [3.8, 4) is 0 Å². The van der Waals surface area contributed by atoms with Crippen LogP contribution in [0.25, 0.3) is 0 Å². The van der Waals surface area contributed by atoms with E-state index >= 15 is 0 Å². The van der Waals surface area contributed by atoms with E-state index in [1.807, 2.05) is 0 Å². The van der Waals surface area contributed by atoms with Gasteiger partial charge in [0.25, 0.3) is 0 Å². The maximum Gasteiger partial charge on any atom is 0.0619 e. The van der Waals surface area contributed by atoms with Crippen molar-refractivity contribution in [2.75, 3.05) is 26.3 Å². The Bertz CT molecular complexity index is 381. The minimum Gasteiger partial charge on any atom is -0.380 e. The Morgan fingerprint density at radius 3 is 2.55 bits per heavy atom. The molecular formula is C17H26N2O. The monoisotopic (exact) mass is 274 g/mol. The van der Waals surface area contributed by atoms with Gasteiger partial charge >= 0.3 is 0 Å². The van der Waals surface area contributed by atoms with Crippen molar-refractivity contribution < 1.29 is 4.74 Å². The molecule has 1 atom stereocenters. The van der Waals surface area contributed by atoms with Gasteiger partial charge in [-0.2, -0.15) is 0 Å². The molecule has 0 aliphatic carbocycles. The lowest BCUT2D eigenvalue weighted by Gasteiger charge is -2.35. The summed E-state index contributed by atoms with van der Waals surface area (Å²) in [5.74, 6) is 0. The molecular weight excluding hydrogens is 248 g/mol. The zero-order chi connectivity index (χ0) is 13.6. The summed E-state index contributed by atoms with van der Waals surface area (Å²) in [5.41, 5.74) is 1.43. The van der Waals surface area contributed by atoms with E-state index in [9.17, 15) is 0 Å². The summed E-state index contributed by atoms with van der Waals surface area (Å²) in [6.45, 7) is 5.37. The van der Waals surface area contributed by atoms with Gasteiger partial charge in [0, 0.05) is 25.2 Å². The highest BCUT2D eigenvalue weighted by Gasteiger charge is 2.22. The van der Waals surface area contributed by atoms with Gasteiger partial charge in [0.15, 0.2) is 0 Å². The van der Waals surface area contributed by atoms with Crippen molar-refractivity contribution in [2.45, 2.75) is 44.3 Å². The van der Waals surface area contributed by atoms with E-state index in [0.717, 1.165) is 19.8 Å². The molecule has 0 radical (unpaired) electrons. The Balaban J connectivity index is 1.40. The van der Waals surface area contributed by atoms with Crippen LogP contribution in [0.5, 0.6) is 0 Å². The molecule has 1 unspecified atom stereocenters. The molecule has 0 amide bonds. The summed E-state index contributed by atoms with van der Waals surface area (Å²) >= 11 is 0. The smallest absolute Gasteiger partial charge is 0.0619 e. The van der Waals surface area contributed by atoms with Gasteiger partial charge in [-0.3, -0.25) is 4.90 Å². The summed E-state index contributed by atoms with van der Waals surface area (Å²) in [6.07, 6.45) is 5.03. The zero-order valence-corrected chi connectivity index (χ0v) is 12.3. The average Bonchev–Trinajstić information content (AvgIpc) is 2.51. The predicted molar refractivity (Wildman–Crippen MR) is 81.7 cm³/mol. The fourth-order valence-corrected chi connectivity index (χ4v) is 3.30. The highest BCUT2D eigenvalue weighted by atomic mass is 16.5. The second-order valence-electron chi connectivity index (χ2n) is 6.12. The van der Waals surface area contributed by atoms with Gasteiger partial charge in [-0.25, -0.2) is 0 Å². The van der Waals surface area contributed by atoms with Crippen LogP contribution in [0.1, 0.15) is 31.2 Å². The van der Waals surface area contributed by atoms with Gasteiger partial charge < -0.3 is 10.1 Å². The Morgan fingerprint density at radius 1 is 1.05 bits per heavy atom. The number of piperidine rings is 1. The van der Waals surface area contributed by atoms with Crippen molar-refractivity contribution in [3.63, 3.8) is 0 Å². The van der Waals surface area contributed by atoms with Crippen LogP contribution < -0.4 is 5.32 Å². The van der Waals surface area contributed by atoms with Gasteiger partial charge in [0.1, 0.15) is 0 Å². The van der Waals surface area contributed by atoms with Crippen molar-refractivity contribution in [1.29, 1.82) is 0 Å². The number of ether oxygens (including phenoxy) is 1. The number of hydrogen-bond donors (Lipinski definition) is 1.